The van der Waals surface area contributed by atoms with Gasteiger partial charge in [0, 0.05) is 19.6 Å². The summed E-state index contributed by atoms with van der Waals surface area (Å²) in [5, 5.41) is 14.9. The van der Waals surface area contributed by atoms with Crippen molar-refractivity contribution in [3.05, 3.63) is 60.2 Å². The number of anilines is 1. The predicted molar refractivity (Wildman–Crippen MR) is 103 cm³/mol. The largest absolute Gasteiger partial charge is 0.379 e. The first kappa shape index (κ1) is 18.5. The van der Waals surface area contributed by atoms with Gasteiger partial charge in [0.1, 0.15) is 0 Å². The monoisotopic (exact) mass is 400 g/mol. The maximum Gasteiger partial charge on any atom is 0.248 e. The van der Waals surface area contributed by atoms with E-state index in [1.165, 1.54) is 4.31 Å². The molecule has 1 aliphatic rings. The van der Waals surface area contributed by atoms with E-state index in [2.05, 4.69) is 20.8 Å². The van der Waals surface area contributed by atoms with Crippen LogP contribution in [0, 0.1) is 0 Å². The number of benzene rings is 2. The van der Waals surface area contributed by atoms with Crippen LogP contribution in [0.2, 0.25) is 0 Å². The summed E-state index contributed by atoms with van der Waals surface area (Å²) < 4.78 is 34.4. The van der Waals surface area contributed by atoms with Crippen molar-refractivity contribution in [1.82, 2.24) is 24.5 Å². The molecule has 0 atom stereocenters. The Bertz CT molecular complexity index is 1030. The van der Waals surface area contributed by atoms with Crippen molar-refractivity contribution in [3.63, 3.8) is 0 Å². The summed E-state index contributed by atoms with van der Waals surface area (Å²) in [5.74, 6) is 0.435. The molecule has 3 aromatic rings. The molecule has 0 aliphatic carbocycles. The second kappa shape index (κ2) is 8.05. The van der Waals surface area contributed by atoms with E-state index in [4.69, 9.17) is 4.74 Å². The Balaban J connectivity index is 1.57. The highest BCUT2D eigenvalue weighted by molar-refractivity contribution is 7.89. The molecule has 0 radical (unpaired) electrons. The number of hydrogen-bond acceptors (Lipinski definition) is 7. The van der Waals surface area contributed by atoms with E-state index in [1.54, 1.807) is 22.9 Å². The topological polar surface area (TPSA) is 102 Å². The van der Waals surface area contributed by atoms with Gasteiger partial charge in [-0.15, -0.1) is 0 Å². The molecule has 0 bridgehead atoms. The molecule has 146 valence electrons. The lowest BCUT2D eigenvalue weighted by Gasteiger charge is -2.27. The van der Waals surface area contributed by atoms with Crippen molar-refractivity contribution in [2.75, 3.05) is 31.6 Å². The first-order chi connectivity index (χ1) is 13.7. The van der Waals surface area contributed by atoms with Crippen LogP contribution in [0.15, 0.2) is 59.5 Å². The minimum Gasteiger partial charge on any atom is -0.379 e. The number of para-hydroxylation sites is 1. The molecular weight excluding hydrogens is 380 g/mol. The molecule has 0 spiro atoms. The molecule has 1 N–H and O–H groups in total. The quantitative estimate of drug-likeness (QED) is 0.665. The minimum atomic E-state index is -3.59. The van der Waals surface area contributed by atoms with Crippen LogP contribution < -0.4 is 5.32 Å². The number of hydrogen-bond donors (Lipinski definition) is 1. The van der Waals surface area contributed by atoms with Gasteiger partial charge < -0.3 is 10.1 Å². The molecule has 4 rings (SSSR count). The summed E-state index contributed by atoms with van der Waals surface area (Å²) in [6, 6.07) is 16.4. The van der Waals surface area contributed by atoms with Crippen molar-refractivity contribution < 1.29 is 13.2 Å². The Morgan fingerprint density at radius 2 is 1.71 bits per heavy atom. The third-order valence-corrected chi connectivity index (χ3v) is 6.47. The van der Waals surface area contributed by atoms with Gasteiger partial charge in [-0.2, -0.15) is 8.99 Å². The van der Waals surface area contributed by atoms with E-state index in [9.17, 15) is 8.42 Å². The van der Waals surface area contributed by atoms with Gasteiger partial charge in [-0.1, -0.05) is 41.5 Å². The highest BCUT2D eigenvalue weighted by Gasteiger charge is 2.28. The summed E-state index contributed by atoms with van der Waals surface area (Å²) >= 11 is 0. The molecule has 9 nitrogen and oxygen atoms in total. The van der Waals surface area contributed by atoms with Crippen molar-refractivity contribution in [3.8, 4) is 5.69 Å². The highest BCUT2D eigenvalue weighted by Crippen LogP contribution is 2.22. The van der Waals surface area contributed by atoms with Gasteiger partial charge in [-0.25, -0.2) is 8.42 Å². The number of tetrazole rings is 1. The lowest BCUT2D eigenvalue weighted by molar-refractivity contribution is 0.0730. The minimum absolute atomic E-state index is 0.271. The lowest BCUT2D eigenvalue weighted by atomic mass is 10.2. The maximum absolute atomic E-state index is 13.1. The van der Waals surface area contributed by atoms with Gasteiger partial charge in [0.05, 0.1) is 23.8 Å². The highest BCUT2D eigenvalue weighted by atomic mass is 32.2. The Hall–Kier alpha value is -2.82. The fraction of sp³-hybridized carbons (Fsp3) is 0.278. The Labute approximate surface area is 163 Å². The number of nitrogens with one attached hydrogen (secondary N) is 1. The molecule has 0 amide bonds. The molecule has 1 fully saturated rings. The van der Waals surface area contributed by atoms with Gasteiger partial charge in [0.2, 0.25) is 16.0 Å². The summed E-state index contributed by atoms with van der Waals surface area (Å²) in [5.41, 5.74) is 1.46. The first-order valence-electron chi connectivity index (χ1n) is 8.90. The Morgan fingerprint density at radius 1 is 1.00 bits per heavy atom. The van der Waals surface area contributed by atoms with Crippen molar-refractivity contribution >= 4 is 16.0 Å². The number of nitrogens with zero attached hydrogens (tertiary/aromatic N) is 5. The molecule has 10 heteroatoms. The van der Waals surface area contributed by atoms with E-state index < -0.39 is 10.0 Å². The number of morpholine rings is 1. The third kappa shape index (κ3) is 3.75. The molecule has 0 unspecified atom stereocenters. The zero-order valence-corrected chi connectivity index (χ0v) is 15.9. The molecule has 2 aromatic carbocycles. The maximum atomic E-state index is 13.1. The van der Waals surface area contributed by atoms with Gasteiger partial charge in [0.15, 0.2) is 0 Å². The van der Waals surface area contributed by atoms with Gasteiger partial charge in [0.25, 0.3) is 0 Å². The van der Waals surface area contributed by atoms with Crippen molar-refractivity contribution in [2.45, 2.75) is 11.4 Å². The summed E-state index contributed by atoms with van der Waals surface area (Å²) in [7, 11) is -3.59. The van der Waals surface area contributed by atoms with Crippen LogP contribution in [0.1, 0.15) is 5.56 Å². The fourth-order valence-corrected chi connectivity index (χ4v) is 4.67. The number of aromatic nitrogens is 4. The molecular formula is C18H20N6O3S. The van der Waals surface area contributed by atoms with Crippen LogP contribution in [-0.4, -0.2) is 59.2 Å². The van der Waals surface area contributed by atoms with Crippen LogP contribution >= 0.6 is 0 Å². The average molecular weight is 400 g/mol. The van der Waals surface area contributed by atoms with Gasteiger partial charge in [-0.05, 0) is 34.2 Å². The van der Waals surface area contributed by atoms with E-state index in [0.717, 1.165) is 5.69 Å². The van der Waals surface area contributed by atoms with E-state index in [1.807, 2.05) is 36.4 Å². The van der Waals surface area contributed by atoms with Crippen LogP contribution in [0.3, 0.4) is 0 Å². The number of sulfonamides is 1. The van der Waals surface area contributed by atoms with Crippen molar-refractivity contribution in [1.29, 1.82) is 0 Å². The number of ether oxygens (including phenoxy) is 1. The van der Waals surface area contributed by atoms with Crippen LogP contribution in [0.4, 0.5) is 5.95 Å². The number of rotatable bonds is 6. The molecule has 0 saturated carbocycles. The first-order valence-corrected chi connectivity index (χ1v) is 10.3. The SMILES string of the molecule is O=S(=O)(c1ccccc1CNc1nnnn1-c1ccccc1)N1CCOCC1. The molecule has 2 heterocycles. The summed E-state index contributed by atoms with van der Waals surface area (Å²) in [6.07, 6.45) is 0. The Morgan fingerprint density at radius 3 is 2.50 bits per heavy atom. The normalized spacial score (nSPS) is 15.4. The lowest BCUT2D eigenvalue weighted by Crippen LogP contribution is -2.41. The van der Waals surface area contributed by atoms with Gasteiger partial charge in [-0.3, -0.25) is 0 Å². The average Bonchev–Trinajstić information content (AvgIpc) is 3.22. The predicted octanol–water partition coefficient (Wildman–Crippen LogP) is 1.30. The van der Waals surface area contributed by atoms with E-state index in [-0.39, 0.29) is 11.4 Å². The van der Waals surface area contributed by atoms with Crippen molar-refractivity contribution in [2.24, 2.45) is 0 Å². The second-order valence-corrected chi connectivity index (χ2v) is 8.13. The fourth-order valence-electron chi connectivity index (χ4n) is 3.04. The zero-order chi connectivity index (χ0) is 19.4. The summed E-state index contributed by atoms with van der Waals surface area (Å²) in [6.45, 7) is 1.80. The smallest absolute Gasteiger partial charge is 0.248 e. The van der Waals surface area contributed by atoms with Crippen LogP contribution in [0.5, 0.6) is 0 Å². The van der Waals surface area contributed by atoms with E-state index >= 15 is 0 Å². The second-order valence-electron chi connectivity index (χ2n) is 6.23. The van der Waals surface area contributed by atoms with Crippen LogP contribution in [0.25, 0.3) is 5.69 Å². The molecule has 1 aliphatic heterocycles. The third-order valence-electron chi connectivity index (χ3n) is 4.47. The summed E-state index contributed by atoms with van der Waals surface area (Å²) in [4.78, 5) is 0.281. The zero-order valence-electron chi connectivity index (χ0n) is 15.1. The van der Waals surface area contributed by atoms with E-state index in [0.29, 0.717) is 37.8 Å². The van der Waals surface area contributed by atoms with Crippen LogP contribution in [-0.2, 0) is 21.3 Å². The molecule has 28 heavy (non-hydrogen) atoms. The molecule has 1 saturated heterocycles. The van der Waals surface area contributed by atoms with Gasteiger partial charge >= 0.3 is 0 Å². The standard InChI is InChI=1S/C18H20N6O3S/c25-28(26,23-10-12-27-13-11-23)17-9-5-4-6-15(17)14-19-18-20-21-22-24(18)16-7-2-1-3-8-16/h1-9H,10-14H2,(H,19,20,22). The molecule has 1 aromatic heterocycles. The Kier molecular flexibility index (Phi) is 5.33.